The Balaban J connectivity index is 2.20. The molecule has 0 amide bonds. The lowest BCUT2D eigenvalue weighted by Gasteiger charge is -2.18. The molecule has 19 heavy (non-hydrogen) atoms. The Hall–Kier alpha value is -1.71. The van der Waals surface area contributed by atoms with E-state index in [-0.39, 0.29) is 6.04 Å². The molecule has 3 aromatic rings. The Morgan fingerprint density at radius 1 is 1.11 bits per heavy atom. The Morgan fingerprint density at radius 3 is 2.68 bits per heavy atom. The highest BCUT2D eigenvalue weighted by Gasteiger charge is 2.17. The zero-order valence-corrected chi connectivity index (χ0v) is 11.9. The zero-order valence-electron chi connectivity index (χ0n) is 11.1. The minimum absolute atomic E-state index is 0.199. The molecule has 0 saturated carbocycles. The number of hydrogen-bond acceptors (Lipinski definition) is 3. The Labute approximate surface area is 117 Å². The fourth-order valence-electron chi connectivity index (χ4n) is 2.51. The van der Waals surface area contributed by atoms with Crippen molar-refractivity contribution in [1.29, 1.82) is 0 Å². The zero-order chi connectivity index (χ0) is 13.2. The van der Waals surface area contributed by atoms with E-state index in [4.69, 9.17) is 0 Å². The minimum atomic E-state index is 0.199. The number of nitrogens with one attached hydrogen (secondary N) is 1. The van der Waals surface area contributed by atoms with Crippen LogP contribution in [-0.2, 0) is 0 Å². The van der Waals surface area contributed by atoms with Crippen molar-refractivity contribution in [3.63, 3.8) is 0 Å². The molecule has 1 unspecified atom stereocenters. The molecule has 3 heteroatoms. The maximum Gasteiger partial charge on any atom is 0.0606 e. The number of hydrogen-bond donors (Lipinski definition) is 1. The average molecular weight is 268 g/mol. The van der Waals surface area contributed by atoms with Gasteiger partial charge in [0.05, 0.1) is 6.04 Å². The normalized spacial score (nSPS) is 12.7. The molecule has 96 valence electrons. The smallest absolute Gasteiger partial charge is 0.0606 e. The van der Waals surface area contributed by atoms with Crippen LogP contribution in [0.2, 0.25) is 0 Å². The fraction of sp³-hybridized carbons (Fsp3) is 0.188. The summed E-state index contributed by atoms with van der Waals surface area (Å²) in [6.45, 7) is 2.16. The summed E-state index contributed by atoms with van der Waals surface area (Å²) in [5.41, 5.74) is 3.91. The van der Waals surface area contributed by atoms with Crippen LogP contribution in [0.3, 0.4) is 0 Å². The van der Waals surface area contributed by atoms with Gasteiger partial charge in [-0.1, -0.05) is 24.3 Å². The number of nitrogens with zero attached hydrogens (tertiary/aromatic N) is 1. The summed E-state index contributed by atoms with van der Waals surface area (Å²) in [6.07, 6.45) is 3.90. The number of aryl methyl sites for hydroxylation is 1. The van der Waals surface area contributed by atoms with Crippen LogP contribution in [0.4, 0.5) is 0 Å². The summed E-state index contributed by atoms with van der Waals surface area (Å²) in [7, 11) is 2.00. The molecular formula is C16H16N2S. The van der Waals surface area contributed by atoms with Gasteiger partial charge >= 0.3 is 0 Å². The standard InChI is InChI=1S/C16H16N2S/c1-11-9-19-10-15(11)16(17-2)14-8-18-7-12-5-3-4-6-13(12)14/h3-10,16-17H,1-2H3. The monoisotopic (exact) mass is 268 g/mol. The third-order valence-corrected chi connectivity index (χ3v) is 4.38. The van der Waals surface area contributed by atoms with Gasteiger partial charge < -0.3 is 5.32 Å². The molecule has 1 atom stereocenters. The molecule has 0 aliphatic carbocycles. The third kappa shape index (κ3) is 2.15. The van der Waals surface area contributed by atoms with Gasteiger partial charge in [0.15, 0.2) is 0 Å². The van der Waals surface area contributed by atoms with Crippen molar-refractivity contribution in [1.82, 2.24) is 10.3 Å². The fourth-order valence-corrected chi connectivity index (χ4v) is 3.39. The van der Waals surface area contributed by atoms with Crippen LogP contribution in [0.1, 0.15) is 22.7 Å². The second-order valence-corrected chi connectivity index (χ2v) is 5.43. The van der Waals surface area contributed by atoms with Crippen LogP contribution < -0.4 is 5.32 Å². The van der Waals surface area contributed by atoms with Crippen LogP contribution >= 0.6 is 11.3 Å². The molecule has 2 aromatic heterocycles. The van der Waals surface area contributed by atoms with Crippen LogP contribution in [0.15, 0.2) is 47.4 Å². The van der Waals surface area contributed by atoms with Gasteiger partial charge in [0.25, 0.3) is 0 Å². The highest BCUT2D eigenvalue weighted by Crippen LogP contribution is 2.31. The van der Waals surface area contributed by atoms with Gasteiger partial charge in [-0.3, -0.25) is 4.98 Å². The van der Waals surface area contributed by atoms with E-state index in [0.717, 1.165) is 0 Å². The Bertz CT molecular complexity index is 697. The summed E-state index contributed by atoms with van der Waals surface area (Å²) in [6, 6.07) is 8.61. The second-order valence-electron chi connectivity index (χ2n) is 4.68. The largest absolute Gasteiger partial charge is 0.309 e. The summed E-state index contributed by atoms with van der Waals surface area (Å²) >= 11 is 1.75. The number of fused-ring (bicyclic) bond motifs is 1. The number of thiophene rings is 1. The first-order valence-electron chi connectivity index (χ1n) is 6.34. The van der Waals surface area contributed by atoms with E-state index >= 15 is 0 Å². The second kappa shape index (κ2) is 5.11. The molecule has 0 radical (unpaired) electrons. The molecule has 0 saturated heterocycles. The third-order valence-electron chi connectivity index (χ3n) is 3.50. The molecule has 1 N–H and O–H groups in total. The lowest BCUT2D eigenvalue weighted by atomic mass is 9.96. The van der Waals surface area contributed by atoms with Gasteiger partial charge in [-0.15, -0.1) is 0 Å². The number of pyridine rings is 1. The lowest BCUT2D eigenvalue weighted by molar-refractivity contribution is 0.693. The van der Waals surface area contributed by atoms with Gasteiger partial charge in [0.2, 0.25) is 0 Å². The summed E-state index contributed by atoms with van der Waals surface area (Å²) in [5.74, 6) is 0. The first-order chi connectivity index (χ1) is 9.31. The first kappa shape index (κ1) is 12.3. The van der Waals surface area contributed by atoms with Gasteiger partial charge in [-0.05, 0) is 46.8 Å². The van der Waals surface area contributed by atoms with E-state index in [2.05, 4.69) is 52.3 Å². The van der Waals surface area contributed by atoms with Crippen LogP contribution in [-0.4, -0.2) is 12.0 Å². The highest BCUT2D eigenvalue weighted by molar-refractivity contribution is 7.08. The molecule has 2 heterocycles. The van der Waals surface area contributed by atoms with Crippen molar-refractivity contribution in [2.75, 3.05) is 7.05 Å². The van der Waals surface area contributed by atoms with Gasteiger partial charge in [0.1, 0.15) is 0 Å². The van der Waals surface area contributed by atoms with Crippen molar-refractivity contribution in [3.8, 4) is 0 Å². The number of aromatic nitrogens is 1. The number of benzene rings is 1. The predicted molar refractivity (Wildman–Crippen MR) is 81.7 cm³/mol. The summed E-state index contributed by atoms with van der Waals surface area (Å²) < 4.78 is 0. The van der Waals surface area contributed by atoms with Gasteiger partial charge in [-0.2, -0.15) is 11.3 Å². The quantitative estimate of drug-likeness (QED) is 0.779. The topological polar surface area (TPSA) is 24.9 Å². The molecular weight excluding hydrogens is 252 g/mol. The molecule has 0 bridgehead atoms. The molecule has 0 spiro atoms. The van der Waals surface area contributed by atoms with E-state index in [1.54, 1.807) is 11.3 Å². The van der Waals surface area contributed by atoms with Crippen LogP contribution in [0, 0.1) is 6.92 Å². The van der Waals surface area contributed by atoms with E-state index in [1.165, 1.54) is 27.5 Å². The molecule has 2 nitrogen and oxygen atoms in total. The summed E-state index contributed by atoms with van der Waals surface area (Å²) in [5, 5.41) is 10.3. The lowest BCUT2D eigenvalue weighted by Crippen LogP contribution is -2.18. The minimum Gasteiger partial charge on any atom is -0.309 e. The van der Waals surface area contributed by atoms with Crippen molar-refractivity contribution in [2.24, 2.45) is 0 Å². The summed E-state index contributed by atoms with van der Waals surface area (Å²) in [4.78, 5) is 4.38. The van der Waals surface area contributed by atoms with E-state index < -0.39 is 0 Å². The SMILES string of the molecule is CNC(c1cscc1C)c1cncc2ccccc12. The number of rotatable bonds is 3. The molecule has 3 rings (SSSR count). The van der Waals surface area contributed by atoms with E-state index in [9.17, 15) is 0 Å². The molecule has 0 fully saturated rings. The van der Waals surface area contributed by atoms with Gasteiger partial charge in [0, 0.05) is 17.8 Å². The van der Waals surface area contributed by atoms with Crippen molar-refractivity contribution in [2.45, 2.75) is 13.0 Å². The van der Waals surface area contributed by atoms with Crippen molar-refractivity contribution in [3.05, 3.63) is 64.1 Å². The van der Waals surface area contributed by atoms with Crippen molar-refractivity contribution >= 4 is 22.1 Å². The van der Waals surface area contributed by atoms with Crippen LogP contribution in [0.5, 0.6) is 0 Å². The van der Waals surface area contributed by atoms with Gasteiger partial charge in [-0.25, -0.2) is 0 Å². The maximum atomic E-state index is 4.38. The van der Waals surface area contributed by atoms with E-state index in [0.29, 0.717) is 0 Å². The first-order valence-corrected chi connectivity index (χ1v) is 7.28. The van der Waals surface area contributed by atoms with Crippen LogP contribution in [0.25, 0.3) is 10.8 Å². The maximum absolute atomic E-state index is 4.38. The molecule has 0 aliphatic rings. The predicted octanol–water partition coefficient (Wildman–Crippen LogP) is 3.91. The average Bonchev–Trinajstić information content (AvgIpc) is 2.86. The van der Waals surface area contributed by atoms with Crippen molar-refractivity contribution < 1.29 is 0 Å². The Kier molecular flexibility index (Phi) is 3.32. The van der Waals surface area contributed by atoms with E-state index in [1.807, 2.05) is 19.4 Å². The highest BCUT2D eigenvalue weighted by atomic mass is 32.1. The Morgan fingerprint density at radius 2 is 1.95 bits per heavy atom. The molecule has 1 aromatic carbocycles. The molecule has 0 aliphatic heterocycles.